The van der Waals surface area contributed by atoms with Crippen LogP contribution in [-0.2, 0) is 19.6 Å². The third-order valence-electron chi connectivity index (χ3n) is 4.65. The van der Waals surface area contributed by atoms with Crippen molar-refractivity contribution in [3.8, 4) is 17.6 Å². The normalized spacial score (nSPS) is 10.4. The van der Waals surface area contributed by atoms with Gasteiger partial charge in [-0.25, -0.2) is 4.98 Å². The van der Waals surface area contributed by atoms with Crippen LogP contribution in [0.2, 0.25) is 0 Å². The Labute approximate surface area is 170 Å². The number of fused-ring (bicyclic) bond motifs is 1. The molecule has 0 atom stereocenters. The molecule has 0 saturated carbocycles. The number of benzene rings is 3. The van der Waals surface area contributed by atoms with Crippen LogP contribution >= 0.6 is 0 Å². The van der Waals surface area contributed by atoms with E-state index in [1.165, 1.54) is 0 Å². The van der Waals surface area contributed by atoms with Crippen LogP contribution in [0.3, 0.4) is 0 Å². The summed E-state index contributed by atoms with van der Waals surface area (Å²) in [5.74, 6) is 1.52. The van der Waals surface area contributed by atoms with Crippen molar-refractivity contribution in [1.29, 1.82) is 5.26 Å². The number of rotatable bonds is 7. The lowest BCUT2D eigenvalue weighted by Gasteiger charge is -2.11. The Bertz CT molecular complexity index is 1150. The summed E-state index contributed by atoms with van der Waals surface area (Å²) in [4.78, 5) is 4.62. The van der Waals surface area contributed by atoms with E-state index in [0.29, 0.717) is 19.6 Å². The molecular formula is C25H20N2O2. The molecule has 0 aliphatic heterocycles. The summed E-state index contributed by atoms with van der Waals surface area (Å²) in [5.41, 5.74) is 3.88. The summed E-state index contributed by atoms with van der Waals surface area (Å²) in [6.07, 6.45) is 0.384. The lowest BCUT2D eigenvalue weighted by Crippen LogP contribution is -2.00. The Balaban J connectivity index is 1.35. The van der Waals surface area contributed by atoms with E-state index in [1.807, 2.05) is 78.9 Å². The summed E-state index contributed by atoms with van der Waals surface area (Å²) in [7, 11) is 0. The zero-order chi connectivity index (χ0) is 19.9. The molecule has 0 saturated heterocycles. The minimum atomic E-state index is 0.384. The molecule has 0 N–H and O–H groups in total. The van der Waals surface area contributed by atoms with Gasteiger partial charge in [0.25, 0.3) is 0 Å². The third-order valence-corrected chi connectivity index (χ3v) is 4.65. The topological polar surface area (TPSA) is 55.1 Å². The van der Waals surface area contributed by atoms with Crippen LogP contribution in [0.5, 0.6) is 11.5 Å². The van der Waals surface area contributed by atoms with Gasteiger partial charge in [-0.05, 0) is 47.5 Å². The van der Waals surface area contributed by atoms with Gasteiger partial charge in [0.05, 0.1) is 23.7 Å². The fourth-order valence-corrected chi connectivity index (χ4v) is 3.10. The lowest BCUT2D eigenvalue weighted by atomic mass is 10.1. The molecule has 0 unspecified atom stereocenters. The molecule has 4 nitrogen and oxygen atoms in total. The van der Waals surface area contributed by atoms with E-state index in [2.05, 4.69) is 17.1 Å². The Kier molecular flexibility index (Phi) is 5.68. The van der Waals surface area contributed by atoms with E-state index in [9.17, 15) is 0 Å². The monoisotopic (exact) mass is 380 g/mol. The van der Waals surface area contributed by atoms with Crippen LogP contribution in [-0.4, -0.2) is 4.98 Å². The van der Waals surface area contributed by atoms with Gasteiger partial charge in [-0.15, -0.1) is 0 Å². The summed E-state index contributed by atoms with van der Waals surface area (Å²) in [6, 6.07) is 29.6. The Morgan fingerprint density at radius 3 is 2.10 bits per heavy atom. The first kappa shape index (κ1) is 18.5. The molecule has 0 aliphatic rings. The van der Waals surface area contributed by atoms with Crippen LogP contribution in [0.4, 0.5) is 0 Å². The van der Waals surface area contributed by atoms with Crippen molar-refractivity contribution in [1.82, 2.24) is 4.98 Å². The van der Waals surface area contributed by atoms with Gasteiger partial charge in [-0.1, -0.05) is 48.5 Å². The first-order chi connectivity index (χ1) is 14.3. The molecule has 0 spiro atoms. The van der Waals surface area contributed by atoms with Gasteiger partial charge in [0.2, 0.25) is 0 Å². The van der Waals surface area contributed by atoms with E-state index in [4.69, 9.17) is 14.7 Å². The second-order valence-electron chi connectivity index (χ2n) is 6.65. The predicted molar refractivity (Wildman–Crippen MR) is 113 cm³/mol. The van der Waals surface area contributed by atoms with Gasteiger partial charge in [-0.2, -0.15) is 5.26 Å². The second kappa shape index (κ2) is 8.90. The number of para-hydroxylation sites is 1. The molecule has 4 aromatic rings. The molecule has 4 rings (SSSR count). The standard InChI is InChI=1S/C25H20N2O2/c26-16-15-19-5-1-2-7-21(19)17-28-23-11-13-24(14-12-23)29-18-22-10-9-20-6-3-4-8-25(20)27-22/h1-14H,15,17-18H2. The maximum atomic E-state index is 8.94. The molecule has 0 aliphatic carbocycles. The summed E-state index contributed by atoms with van der Waals surface area (Å²) >= 11 is 0. The zero-order valence-corrected chi connectivity index (χ0v) is 15.9. The maximum Gasteiger partial charge on any atom is 0.130 e. The largest absolute Gasteiger partial charge is 0.489 e. The van der Waals surface area contributed by atoms with Gasteiger partial charge >= 0.3 is 0 Å². The highest BCUT2D eigenvalue weighted by atomic mass is 16.5. The minimum absolute atomic E-state index is 0.384. The average molecular weight is 380 g/mol. The van der Waals surface area contributed by atoms with E-state index >= 15 is 0 Å². The van der Waals surface area contributed by atoms with Crippen molar-refractivity contribution >= 4 is 10.9 Å². The van der Waals surface area contributed by atoms with Crippen molar-refractivity contribution in [2.45, 2.75) is 19.6 Å². The molecule has 142 valence electrons. The highest BCUT2D eigenvalue weighted by molar-refractivity contribution is 5.78. The van der Waals surface area contributed by atoms with Crippen LogP contribution in [0.15, 0.2) is 84.9 Å². The van der Waals surface area contributed by atoms with E-state index in [0.717, 1.165) is 39.2 Å². The highest BCUT2D eigenvalue weighted by Crippen LogP contribution is 2.21. The third kappa shape index (κ3) is 4.72. The van der Waals surface area contributed by atoms with Crippen molar-refractivity contribution < 1.29 is 9.47 Å². The predicted octanol–water partition coefficient (Wildman–Crippen LogP) is 5.46. The lowest BCUT2D eigenvalue weighted by molar-refractivity contribution is 0.294. The molecule has 4 heteroatoms. The maximum absolute atomic E-state index is 8.94. The Morgan fingerprint density at radius 1 is 0.690 bits per heavy atom. The molecule has 29 heavy (non-hydrogen) atoms. The van der Waals surface area contributed by atoms with Gasteiger partial charge in [0.15, 0.2) is 0 Å². The molecule has 1 aromatic heterocycles. The van der Waals surface area contributed by atoms with Crippen molar-refractivity contribution in [3.63, 3.8) is 0 Å². The Hall–Kier alpha value is -3.84. The van der Waals surface area contributed by atoms with Crippen LogP contribution in [0.25, 0.3) is 10.9 Å². The number of nitrogens with zero attached hydrogens (tertiary/aromatic N) is 2. The number of aromatic nitrogens is 1. The van der Waals surface area contributed by atoms with Crippen LogP contribution < -0.4 is 9.47 Å². The van der Waals surface area contributed by atoms with E-state index in [1.54, 1.807) is 0 Å². The summed E-state index contributed by atoms with van der Waals surface area (Å²) in [5, 5.41) is 10.1. The first-order valence-corrected chi connectivity index (χ1v) is 9.46. The Morgan fingerprint density at radius 2 is 1.34 bits per heavy atom. The molecule has 1 heterocycles. The number of ether oxygens (including phenoxy) is 2. The van der Waals surface area contributed by atoms with Crippen molar-refractivity contribution in [3.05, 3.63) is 102 Å². The fraction of sp³-hybridized carbons (Fsp3) is 0.120. The number of hydrogen-bond acceptors (Lipinski definition) is 4. The fourth-order valence-electron chi connectivity index (χ4n) is 3.10. The summed E-state index contributed by atoms with van der Waals surface area (Å²) in [6.45, 7) is 0.839. The number of nitriles is 1. The minimum Gasteiger partial charge on any atom is -0.489 e. The van der Waals surface area contributed by atoms with Gasteiger partial charge < -0.3 is 9.47 Å². The molecule has 0 radical (unpaired) electrons. The first-order valence-electron chi connectivity index (χ1n) is 9.46. The van der Waals surface area contributed by atoms with E-state index < -0.39 is 0 Å². The smallest absolute Gasteiger partial charge is 0.130 e. The van der Waals surface area contributed by atoms with Crippen molar-refractivity contribution in [2.75, 3.05) is 0 Å². The SMILES string of the molecule is N#CCc1ccccc1COc1ccc(OCc2ccc3ccccc3n2)cc1. The molecule has 3 aromatic carbocycles. The molecule has 0 bridgehead atoms. The second-order valence-corrected chi connectivity index (χ2v) is 6.65. The highest BCUT2D eigenvalue weighted by Gasteiger charge is 2.04. The number of hydrogen-bond donors (Lipinski definition) is 0. The molecular weight excluding hydrogens is 360 g/mol. The number of pyridine rings is 1. The van der Waals surface area contributed by atoms with Crippen LogP contribution in [0, 0.1) is 11.3 Å². The molecule has 0 amide bonds. The summed E-state index contributed by atoms with van der Waals surface area (Å²) < 4.78 is 11.7. The molecule has 0 fully saturated rings. The zero-order valence-electron chi connectivity index (χ0n) is 15.9. The van der Waals surface area contributed by atoms with Gasteiger partial charge in [0, 0.05) is 5.39 Å². The van der Waals surface area contributed by atoms with E-state index in [-0.39, 0.29) is 0 Å². The van der Waals surface area contributed by atoms with Gasteiger partial charge in [-0.3, -0.25) is 0 Å². The van der Waals surface area contributed by atoms with Gasteiger partial charge in [0.1, 0.15) is 24.7 Å². The van der Waals surface area contributed by atoms with Crippen molar-refractivity contribution in [2.24, 2.45) is 0 Å². The quantitative estimate of drug-likeness (QED) is 0.427. The average Bonchev–Trinajstić information content (AvgIpc) is 2.78. The van der Waals surface area contributed by atoms with Crippen LogP contribution in [0.1, 0.15) is 16.8 Å².